The number of nitrogens with one attached hydrogen (secondary N) is 1. The van der Waals surface area contributed by atoms with Crippen molar-refractivity contribution >= 4 is 10.9 Å². The lowest BCUT2D eigenvalue weighted by molar-refractivity contribution is -0.277. The van der Waals surface area contributed by atoms with Gasteiger partial charge >= 0.3 is 0 Å². The van der Waals surface area contributed by atoms with E-state index in [0.717, 1.165) is 47.8 Å². The molecule has 3 aromatic rings. The van der Waals surface area contributed by atoms with Crippen LogP contribution in [0, 0.1) is 6.92 Å². The van der Waals surface area contributed by atoms with Gasteiger partial charge in [-0.1, -0.05) is 18.2 Å². The number of methoxy groups -OCH3 is 1. The van der Waals surface area contributed by atoms with E-state index in [-0.39, 0.29) is 0 Å². The molecule has 6 unspecified atom stereocenters. The van der Waals surface area contributed by atoms with E-state index in [0.29, 0.717) is 18.3 Å². The standard InChI is InChI=1S/C27H34N2O7/c1-14-9-20-23(21(10-14)35-27-26(33)25(32)24(31)22(13-30)36-27)19(28-29-20)8-4-15-3-5-17-12-18(34-2)7-6-16(17)11-15/h3,5,9-11,18,22,24-27,30-33H,4,6-8,12-13H2,1-2H3,(H,28,29). The molecule has 1 aliphatic heterocycles. The average Bonchev–Trinajstić information content (AvgIpc) is 3.30. The van der Waals surface area contributed by atoms with E-state index in [2.05, 4.69) is 28.4 Å². The van der Waals surface area contributed by atoms with E-state index in [9.17, 15) is 20.4 Å². The second kappa shape index (κ2) is 10.5. The van der Waals surface area contributed by atoms with Crippen molar-refractivity contribution in [1.29, 1.82) is 0 Å². The summed E-state index contributed by atoms with van der Waals surface area (Å²) in [5.74, 6) is 0.453. The number of aliphatic hydroxyl groups excluding tert-OH is 4. The number of aliphatic hydroxyl groups is 4. The normalized spacial score (nSPS) is 28.3. The first-order valence-corrected chi connectivity index (χ1v) is 12.5. The Kier molecular flexibility index (Phi) is 7.30. The zero-order valence-electron chi connectivity index (χ0n) is 20.6. The number of ether oxygens (including phenoxy) is 3. The highest BCUT2D eigenvalue weighted by Gasteiger charge is 2.45. The minimum Gasteiger partial charge on any atom is -0.461 e. The van der Waals surface area contributed by atoms with Crippen LogP contribution in [0.4, 0.5) is 0 Å². The highest BCUT2D eigenvalue weighted by molar-refractivity contribution is 5.88. The van der Waals surface area contributed by atoms with Gasteiger partial charge in [-0.2, -0.15) is 5.10 Å². The Morgan fingerprint density at radius 3 is 2.67 bits per heavy atom. The van der Waals surface area contributed by atoms with Gasteiger partial charge in [0.25, 0.3) is 0 Å². The molecule has 5 rings (SSSR count). The summed E-state index contributed by atoms with van der Waals surface area (Å²) in [6, 6.07) is 10.4. The van der Waals surface area contributed by atoms with Crippen LogP contribution in [0.5, 0.6) is 5.75 Å². The Bertz CT molecular complexity index is 1210. The molecule has 1 aliphatic carbocycles. The molecule has 36 heavy (non-hydrogen) atoms. The maximum atomic E-state index is 10.5. The monoisotopic (exact) mass is 498 g/mol. The zero-order valence-corrected chi connectivity index (χ0v) is 20.6. The fourth-order valence-corrected chi connectivity index (χ4v) is 5.27. The van der Waals surface area contributed by atoms with E-state index < -0.39 is 37.3 Å². The topological polar surface area (TPSA) is 137 Å². The van der Waals surface area contributed by atoms with Crippen LogP contribution in [0.25, 0.3) is 10.9 Å². The number of benzene rings is 2. The molecule has 1 saturated heterocycles. The number of aromatic nitrogens is 2. The number of nitrogens with zero attached hydrogens (tertiary/aromatic N) is 1. The number of hydrogen-bond acceptors (Lipinski definition) is 8. The molecule has 0 bridgehead atoms. The lowest BCUT2D eigenvalue weighted by Crippen LogP contribution is -2.60. The molecule has 9 heteroatoms. The van der Waals surface area contributed by atoms with Crippen LogP contribution in [-0.2, 0) is 35.2 Å². The molecule has 0 radical (unpaired) electrons. The first-order valence-electron chi connectivity index (χ1n) is 12.5. The van der Waals surface area contributed by atoms with Crippen LogP contribution in [0.1, 0.15) is 34.4 Å². The fraction of sp³-hybridized carbons (Fsp3) is 0.519. The second-order valence-corrected chi connectivity index (χ2v) is 9.88. The van der Waals surface area contributed by atoms with Gasteiger partial charge in [0.05, 0.1) is 23.6 Å². The molecule has 5 N–H and O–H groups in total. The van der Waals surface area contributed by atoms with Gasteiger partial charge in [-0.05, 0) is 73.4 Å². The number of rotatable bonds is 7. The van der Waals surface area contributed by atoms with Crippen molar-refractivity contribution in [2.75, 3.05) is 13.7 Å². The summed E-state index contributed by atoms with van der Waals surface area (Å²) in [6.07, 6.45) is -1.92. The van der Waals surface area contributed by atoms with Gasteiger partial charge in [0.15, 0.2) is 0 Å². The van der Waals surface area contributed by atoms with E-state index in [1.54, 1.807) is 7.11 Å². The molecule has 2 aromatic carbocycles. The molecule has 9 nitrogen and oxygen atoms in total. The third-order valence-corrected chi connectivity index (χ3v) is 7.38. The van der Waals surface area contributed by atoms with Crippen molar-refractivity contribution in [3.05, 3.63) is 58.3 Å². The summed E-state index contributed by atoms with van der Waals surface area (Å²) in [5.41, 5.74) is 6.51. The van der Waals surface area contributed by atoms with Crippen LogP contribution in [-0.4, -0.2) is 81.2 Å². The Labute approximate surface area is 209 Å². The van der Waals surface area contributed by atoms with Gasteiger partial charge in [0.2, 0.25) is 6.29 Å². The number of aryl methyl sites for hydroxylation is 4. The first kappa shape index (κ1) is 25.1. The van der Waals surface area contributed by atoms with Gasteiger partial charge in [-0.15, -0.1) is 0 Å². The molecule has 6 atom stereocenters. The van der Waals surface area contributed by atoms with E-state index in [4.69, 9.17) is 14.2 Å². The largest absolute Gasteiger partial charge is 0.461 e. The van der Waals surface area contributed by atoms with Crippen LogP contribution in [0.15, 0.2) is 30.3 Å². The average molecular weight is 499 g/mol. The van der Waals surface area contributed by atoms with Crippen molar-refractivity contribution in [3.8, 4) is 5.75 Å². The van der Waals surface area contributed by atoms with Crippen molar-refractivity contribution in [2.24, 2.45) is 0 Å². The van der Waals surface area contributed by atoms with Crippen LogP contribution in [0.2, 0.25) is 0 Å². The minimum atomic E-state index is -1.51. The summed E-state index contributed by atoms with van der Waals surface area (Å²) in [7, 11) is 1.77. The predicted octanol–water partition coefficient (Wildman–Crippen LogP) is 1.34. The van der Waals surface area contributed by atoms with Crippen LogP contribution < -0.4 is 4.74 Å². The number of H-pyrrole nitrogens is 1. The summed E-state index contributed by atoms with van der Waals surface area (Å²) >= 11 is 0. The quantitative estimate of drug-likeness (QED) is 0.329. The highest BCUT2D eigenvalue weighted by atomic mass is 16.7. The highest BCUT2D eigenvalue weighted by Crippen LogP contribution is 2.33. The lowest BCUT2D eigenvalue weighted by Gasteiger charge is -2.39. The van der Waals surface area contributed by atoms with E-state index in [1.807, 2.05) is 19.1 Å². The Balaban J connectivity index is 1.37. The smallest absolute Gasteiger partial charge is 0.229 e. The Hall–Kier alpha value is -2.53. The first-order chi connectivity index (χ1) is 17.4. The van der Waals surface area contributed by atoms with Gasteiger partial charge in [0.1, 0.15) is 30.2 Å². The van der Waals surface area contributed by atoms with Crippen molar-refractivity contribution in [2.45, 2.75) is 75.8 Å². The summed E-state index contributed by atoms with van der Waals surface area (Å²) in [5, 5.41) is 48.5. The van der Waals surface area contributed by atoms with Gasteiger partial charge in [0, 0.05) is 12.8 Å². The predicted molar refractivity (Wildman–Crippen MR) is 132 cm³/mol. The number of aromatic amines is 1. The summed E-state index contributed by atoms with van der Waals surface area (Å²) < 4.78 is 17.1. The maximum Gasteiger partial charge on any atom is 0.229 e. The van der Waals surface area contributed by atoms with Crippen LogP contribution >= 0.6 is 0 Å². The number of hydrogen-bond donors (Lipinski definition) is 5. The molecular weight excluding hydrogens is 464 g/mol. The Morgan fingerprint density at radius 2 is 1.89 bits per heavy atom. The summed E-state index contributed by atoms with van der Waals surface area (Å²) in [6.45, 7) is 1.40. The SMILES string of the molecule is COC1CCc2cc(CCc3[nH]nc4cc(C)cc(OC5OC(CO)C(O)C(O)C5O)c34)ccc2C1. The molecule has 0 spiro atoms. The Morgan fingerprint density at radius 1 is 1.06 bits per heavy atom. The molecule has 0 amide bonds. The molecular formula is C27H34N2O7. The van der Waals surface area contributed by atoms with Gasteiger partial charge < -0.3 is 34.6 Å². The van der Waals surface area contributed by atoms with Crippen LogP contribution in [0.3, 0.4) is 0 Å². The minimum absolute atomic E-state index is 0.297. The molecule has 2 heterocycles. The van der Waals surface area contributed by atoms with Crippen molar-refractivity contribution in [1.82, 2.24) is 10.2 Å². The zero-order chi connectivity index (χ0) is 25.4. The summed E-state index contributed by atoms with van der Waals surface area (Å²) in [4.78, 5) is 0. The lowest BCUT2D eigenvalue weighted by atomic mass is 9.88. The van der Waals surface area contributed by atoms with E-state index >= 15 is 0 Å². The molecule has 1 aromatic heterocycles. The maximum absolute atomic E-state index is 10.5. The third-order valence-electron chi connectivity index (χ3n) is 7.38. The molecule has 1 fully saturated rings. The second-order valence-electron chi connectivity index (χ2n) is 9.88. The fourth-order valence-electron chi connectivity index (χ4n) is 5.27. The van der Waals surface area contributed by atoms with Crippen molar-refractivity contribution in [3.63, 3.8) is 0 Å². The molecule has 0 saturated carbocycles. The molecule has 194 valence electrons. The van der Waals surface area contributed by atoms with Gasteiger partial charge in [-0.3, -0.25) is 5.10 Å². The molecule has 2 aliphatic rings. The van der Waals surface area contributed by atoms with Gasteiger partial charge in [-0.25, -0.2) is 0 Å². The van der Waals surface area contributed by atoms with Crippen molar-refractivity contribution < 1.29 is 34.6 Å². The third kappa shape index (κ3) is 4.87. The van der Waals surface area contributed by atoms with E-state index in [1.165, 1.54) is 16.7 Å². The number of fused-ring (bicyclic) bond motifs is 2.